The molecule has 8 nitrogen and oxygen atoms in total. The minimum Gasteiger partial charge on any atom is -0.394 e. The largest absolute Gasteiger partial charge is 0.410 e. The molecule has 2 heterocycles. The standard InChI is InChI=1S/C18H13ClF3N5O3/c19-11-3-1-10(2-4-11)14-5-13(16(29)25-15(8-28)18(20,21)22)17(30)27(26-14)12-6-23-9-24-7-12/h1-7,9,15,28H,8H2,(H,25,29). The zero-order chi connectivity index (χ0) is 21.9. The Hall–Kier alpha value is -3.31. The lowest BCUT2D eigenvalue weighted by Crippen LogP contribution is -2.49. The van der Waals surface area contributed by atoms with Crippen LogP contribution in [0.25, 0.3) is 16.9 Å². The lowest BCUT2D eigenvalue weighted by molar-refractivity contribution is -0.161. The van der Waals surface area contributed by atoms with Crippen molar-refractivity contribution in [1.82, 2.24) is 25.1 Å². The second kappa shape index (κ2) is 8.59. The molecule has 0 bridgehead atoms. The summed E-state index contributed by atoms with van der Waals surface area (Å²) in [6, 6.07) is 4.75. The maximum atomic E-state index is 12.9. The van der Waals surface area contributed by atoms with Crippen LogP contribution in [0.15, 0.2) is 53.8 Å². The lowest BCUT2D eigenvalue weighted by atomic mass is 10.1. The topological polar surface area (TPSA) is 110 Å². The van der Waals surface area contributed by atoms with Gasteiger partial charge in [-0.05, 0) is 18.2 Å². The van der Waals surface area contributed by atoms with Crippen molar-refractivity contribution in [2.45, 2.75) is 12.2 Å². The smallest absolute Gasteiger partial charge is 0.394 e. The monoisotopic (exact) mass is 439 g/mol. The first kappa shape index (κ1) is 21.4. The third-order valence-electron chi connectivity index (χ3n) is 3.97. The SMILES string of the molecule is O=C(NC(CO)C(F)(F)F)c1cc(-c2ccc(Cl)cc2)nn(-c2cncnc2)c1=O. The Kier molecular flexibility index (Phi) is 6.13. The van der Waals surface area contributed by atoms with E-state index in [4.69, 9.17) is 16.7 Å². The van der Waals surface area contributed by atoms with Gasteiger partial charge in [-0.2, -0.15) is 23.0 Å². The number of nitrogens with zero attached hydrogens (tertiary/aromatic N) is 4. The molecule has 0 fully saturated rings. The number of rotatable bonds is 5. The van der Waals surface area contributed by atoms with Crippen LogP contribution in [0.1, 0.15) is 10.4 Å². The summed E-state index contributed by atoms with van der Waals surface area (Å²) in [4.78, 5) is 32.8. The van der Waals surface area contributed by atoms with Crippen molar-refractivity contribution in [2.75, 3.05) is 6.61 Å². The van der Waals surface area contributed by atoms with Crippen LogP contribution in [-0.2, 0) is 0 Å². The Bertz CT molecular complexity index is 1100. The van der Waals surface area contributed by atoms with E-state index in [0.29, 0.717) is 10.6 Å². The minimum absolute atomic E-state index is 0.0990. The van der Waals surface area contributed by atoms with Gasteiger partial charge in [-0.15, -0.1) is 0 Å². The zero-order valence-electron chi connectivity index (χ0n) is 15.0. The van der Waals surface area contributed by atoms with Crippen molar-refractivity contribution in [1.29, 1.82) is 0 Å². The van der Waals surface area contributed by atoms with E-state index in [0.717, 1.165) is 10.7 Å². The summed E-state index contributed by atoms with van der Waals surface area (Å²) in [5.41, 5.74) is -0.927. The normalized spacial score (nSPS) is 12.4. The fourth-order valence-electron chi connectivity index (χ4n) is 2.46. The van der Waals surface area contributed by atoms with Gasteiger partial charge in [0, 0.05) is 10.6 Å². The molecule has 3 aromatic rings. The average Bonchev–Trinajstić information content (AvgIpc) is 2.72. The van der Waals surface area contributed by atoms with E-state index >= 15 is 0 Å². The predicted octanol–water partition coefficient (Wildman–Crippen LogP) is 2.00. The highest BCUT2D eigenvalue weighted by molar-refractivity contribution is 6.30. The van der Waals surface area contributed by atoms with Gasteiger partial charge >= 0.3 is 6.18 Å². The van der Waals surface area contributed by atoms with Crippen LogP contribution in [0.3, 0.4) is 0 Å². The summed E-state index contributed by atoms with van der Waals surface area (Å²) in [6.07, 6.45) is -1.19. The van der Waals surface area contributed by atoms with Crippen LogP contribution < -0.4 is 10.9 Å². The van der Waals surface area contributed by atoms with Crippen molar-refractivity contribution in [3.8, 4) is 16.9 Å². The number of alkyl halides is 3. The summed E-state index contributed by atoms with van der Waals surface area (Å²) in [5.74, 6) is -1.32. The number of carbonyl (C=O) groups excluding carboxylic acids is 1. The molecular formula is C18H13ClF3N5O3. The summed E-state index contributed by atoms with van der Waals surface area (Å²) in [7, 11) is 0. The summed E-state index contributed by atoms with van der Waals surface area (Å²) in [6.45, 7) is -1.38. The molecule has 0 aliphatic carbocycles. The number of benzene rings is 1. The van der Waals surface area contributed by atoms with Crippen LogP contribution in [0.2, 0.25) is 5.02 Å². The Morgan fingerprint density at radius 3 is 2.40 bits per heavy atom. The molecule has 0 aliphatic rings. The summed E-state index contributed by atoms with van der Waals surface area (Å²) < 4.78 is 39.6. The molecule has 1 atom stereocenters. The highest BCUT2D eigenvalue weighted by Gasteiger charge is 2.40. The lowest BCUT2D eigenvalue weighted by Gasteiger charge is -2.19. The maximum absolute atomic E-state index is 12.9. The van der Waals surface area contributed by atoms with E-state index in [9.17, 15) is 22.8 Å². The minimum atomic E-state index is -4.90. The molecule has 1 amide bonds. The maximum Gasteiger partial charge on any atom is 0.410 e. The molecule has 30 heavy (non-hydrogen) atoms. The molecule has 0 radical (unpaired) electrons. The second-order valence-electron chi connectivity index (χ2n) is 6.01. The van der Waals surface area contributed by atoms with Crippen molar-refractivity contribution in [3.05, 3.63) is 70.0 Å². The van der Waals surface area contributed by atoms with Gasteiger partial charge in [-0.3, -0.25) is 9.59 Å². The number of aromatic nitrogens is 4. The number of amides is 1. The van der Waals surface area contributed by atoms with Gasteiger partial charge in [0.05, 0.1) is 24.7 Å². The number of aliphatic hydroxyl groups excluding tert-OH is 1. The van der Waals surface area contributed by atoms with E-state index in [1.165, 1.54) is 18.7 Å². The first-order valence-corrected chi connectivity index (χ1v) is 8.72. The molecule has 2 aromatic heterocycles. The van der Waals surface area contributed by atoms with E-state index in [1.807, 2.05) is 0 Å². The van der Waals surface area contributed by atoms with Gasteiger partial charge in [-0.25, -0.2) is 9.97 Å². The number of hydrogen-bond donors (Lipinski definition) is 2. The highest BCUT2D eigenvalue weighted by Crippen LogP contribution is 2.22. The highest BCUT2D eigenvalue weighted by atomic mass is 35.5. The van der Waals surface area contributed by atoms with Crippen LogP contribution in [0.4, 0.5) is 13.2 Å². The molecule has 1 unspecified atom stereocenters. The second-order valence-corrected chi connectivity index (χ2v) is 6.45. The van der Waals surface area contributed by atoms with Crippen molar-refractivity contribution in [2.24, 2.45) is 0 Å². The number of hydrogen-bond acceptors (Lipinski definition) is 6. The molecule has 1 aromatic carbocycles. The number of nitrogens with one attached hydrogen (secondary N) is 1. The van der Waals surface area contributed by atoms with E-state index in [-0.39, 0.29) is 11.4 Å². The van der Waals surface area contributed by atoms with Crippen LogP contribution >= 0.6 is 11.6 Å². The molecule has 0 saturated carbocycles. The number of aliphatic hydroxyl groups is 1. The van der Waals surface area contributed by atoms with Gasteiger partial charge in [0.15, 0.2) is 0 Å². The third kappa shape index (κ3) is 4.63. The molecule has 2 N–H and O–H groups in total. The van der Waals surface area contributed by atoms with Crippen LogP contribution in [-0.4, -0.2) is 49.6 Å². The van der Waals surface area contributed by atoms with E-state index < -0.39 is 35.9 Å². The molecule has 156 valence electrons. The summed E-state index contributed by atoms with van der Waals surface area (Å²) in [5, 5.41) is 15.2. The molecule has 0 aliphatic heterocycles. The van der Waals surface area contributed by atoms with E-state index in [1.54, 1.807) is 29.6 Å². The molecule has 0 spiro atoms. The van der Waals surface area contributed by atoms with Crippen molar-refractivity contribution in [3.63, 3.8) is 0 Å². The Morgan fingerprint density at radius 1 is 1.20 bits per heavy atom. The molecule has 0 saturated heterocycles. The Balaban J connectivity index is 2.14. The van der Waals surface area contributed by atoms with Gasteiger partial charge in [0.25, 0.3) is 11.5 Å². The number of carbonyl (C=O) groups is 1. The average molecular weight is 440 g/mol. The zero-order valence-corrected chi connectivity index (χ0v) is 15.7. The first-order valence-electron chi connectivity index (χ1n) is 8.35. The predicted molar refractivity (Wildman–Crippen MR) is 100 cm³/mol. The van der Waals surface area contributed by atoms with Gasteiger partial charge in [-0.1, -0.05) is 23.7 Å². The van der Waals surface area contributed by atoms with Gasteiger partial charge in [0.2, 0.25) is 0 Å². The first-order chi connectivity index (χ1) is 14.2. The Labute approximate surface area is 172 Å². The number of halogens is 4. The quantitative estimate of drug-likeness (QED) is 0.629. The molecule has 12 heteroatoms. The third-order valence-corrected chi connectivity index (χ3v) is 4.22. The Morgan fingerprint density at radius 2 is 1.83 bits per heavy atom. The summed E-state index contributed by atoms with van der Waals surface area (Å²) >= 11 is 5.86. The van der Waals surface area contributed by atoms with Crippen molar-refractivity contribution < 1.29 is 23.1 Å². The molecular weight excluding hydrogens is 427 g/mol. The van der Waals surface area contributed by atoms with Gasteiger partial charge < -0.3 is 10.4 Å². The van der Waals surface area contributed by atoms with Gasteiger partial charge in [0.1, 0.15) is 23.6 Å². The van der Waals surface area contributed by atoms with Crippen LogP contribution in [0.5, 0.6) is 0 Å². The fourth-order valence-corrected chi connectivity index (χ4v) is 2.59. The fraction of sp³-hybridized carbons (Fsp3) is 0.167. The van der Waals surface area contributed by atoms with Crippen LogP contribution in [0, 0.1) is 0 Å². The molecule has 3 rings (SSSR count). The van der Waals surface area contributed by atoms with E-state index in [2.05, 4.69) is 15.1 Å². The van der Waals surface area contributed by atoms with Crippen molar-refractivity contribution >= 4 is 17.5 Å².